The van der Waals surface area contributed by atoms with Crippen molar-refractivity contribution in [3.05, 3.63) is 59.0 Å². The van der Waals surface area contributed by atoms with Gasteiger partial charge in [0.1, 0.15) is 18.1 Å². The number of carbonyl (C=O) groups is 1. The van der Waals surface area contributed by atoms with Crippen molar-refractivity contribution in [2.24, 2.45) is 5.92 Å². The average molecular weight is 395 g/mol. The number of aryl methyl sites for hydroxylation is 2. The Hall–Kier alpha value is -2.90. The fraction of sp³-hybridized carbons (Fsp3) is 0.364. The van der Waals surface area contributed by atoms with Gasteiger partial charge in [0.05, 0.1) is 22.9 Å². The van der Waals surface area contributed by atoms with Crippen molar-refractivity contribution in [1.82, 2.24) is 15.8 Å². The van der Waals surface area contributed by atoms with Crippen molar-refractivity contribution in [2.75, 3.05) is 19.6 Å². The van der Waals surface area contributed by atoms with Crippen LogP contribution in [-0.2, 0) is 6.61 Å². The van der Waals surface area contributed by atoms with Gasteiger partial charge in [-0.25, -0.2) is 0 Å². The smallest absolute Gasteiger partial charge is 0.255 e. The molecule has 1 fully saturated rings. The van der Waals surface area contributed by atoms with Crippen molar-refractivity contribution in [3.63, 3.8) is 0 Å². The van der Waals surface area contributed by atoms with E-state index in [0.29, 0.717) is 36.7 Å². The zero-order valence-electron chi connectivity index (χ0n) is 16.6. The minimum absolute atomic E-state index is 0.00563. The second-order valence-corrected chi connectivity index (χ2v) is 7.48. The quantitative estimate of drug-likeness (QED) is 0.593. The van der Waals surface area contributed by atoms with Crippen LogP contribution in [0.5, 0.6) is 5.75 Å². The second kappa shape index (κ2) is 8.23. The number of β-amino-alcohol motifs (C(OH)–C–C–N with tert-alkyl or cyclic N) is 1. The number of ether oxygens (including phenoxy) is 1. The highest BCUT2D eigenvalue weighted by Crippen LogP contribution is 2.28. The van der Waals surface area contributed by atoms with Crippen LogP contribution < -0.4 is 15.4 Å². The van der Waals surface area contributed by atoms with Crippen LogP contribution in [0.2, 0.25) is 0 Å². The Morgan fingerprint density at radius 2 is 2.03 bits per heavy atom. The van der Waals surface area contributed by atoms with Crippen LogP contribution >= 0.6 is 0 Å². The lowest BCUT2D eigenvalue weighted by Gasteiger charge is -2.16. The molecular formula is C22H25N3O4. The number of hydrogen-bond acceptors (Lipinski definition) is 6. The highest BCUT2D eigenvalue weighted by molar-refractivity contribution is 6.01. The number of aliphatic hydroxyl groups is 1. The first kappa shape index (κ1) is 19.4. The van der Waals surface area contributed by atoms with Gasteiger partial charge in [-0.15, -0.1) is 0 Å². The van der Waals surface area contributed by atoms with E-state index in [1.807, 2.05) is 50.2 Å². The predicted molar refractivity (Wildman–Crippen MR) is 109 cm³/mol. The average Bonchev–Trinajstić information content (AvgIpc) is 3.28. The predicted octanol–water partition coefficient (Wildman–Crippen LogP) is 2.33. The normalized spacial score (nSPS) is 18.9. The third kappa shape index (κ3) is 4.11. The highest BCUT2D eigenvalue weighted by Gasteiger charge is 2.26. The van der Waals surface area contributed by atoms with Crippen LogP contribution in [0, 0.1) is 19.8 Å². The SMILES string of the molecule is Cc1noc(C)c1COc1cc2ccccc2cc1C(=O)NCC1CNCC1O. The van der Waals surface area contributed by atoms with E-state index in [1.165, 1.54) is 0 Å². The van der Waals surface area contributed by atoms with Gasteiger partial charge in [-0.2, -0.15) is 0 Å². The van der Waals surface area contributed by atoms with E-state index in [9.17, 15) is 9.90 Å². The van der Waals surface area contributed by atoms with E-state index in [2.05, 4.69) is 15.8 Å². The van der Waals surface area contributed by atoms with Crippen LogP contribution in [0.4, 0.5) is 0 Å². The molecule has 0 radical (unpaired) electrons. The number of hydrogen-bond donors (Lipinski definition) is 3. The molecule has 2 unspecified atom stereocenters. The number of aromatic nitrogens is 1. The van der Waals surface area contributed by atoms with Gasteiger partial charge < -0.3 is 25.0 Å². The molecule has 3 aromatic rings. The standard InChI is InChI=1S/C22H25N3O4/c1-13-19(14(2)29-25-13)12-28-21-8-16-6-4-3-5-15(16)7-18(21)22(27)24-10-17-9-23-11-20(17)26/h3-8,17,20,23,26H,9-12H2,1-2H3,(H,24,27). The molecule has 152 valence electrons. The summed E-state index contributed by atoms with van der Waals surface area (Å²) in [7, 11) is 0. The monoisotopic (exact) mass is 395 g/mol. The van der Waals surface area contributed by atoms with Crippen molar-refractivity contribution >= 4 is 16.7 Å². The minimum Gasteiger partial charge on any atom is -0.488 e. The highest BCUT2D eigenvalue weighted by atomic mass is 16.5. The van der Waals surface area contributed by atoms with E-state index in [4.69, 9.17) is 9.26 Å². The van der Waals surface area contributed by atoms with Crippen LogP contribution in [0.25, 0.3) is 10.8 Å². The van der Waals surface area contributed by atoms with E-state index in [0.717, 1.165) is 22.0 Å². The Balaban J connectivity index is 1.58. The zero-order chi connectivity index (χ0) is 20.4. The molecule has 29 heavy (non-hydrogen) atoms. The summed E-state index contributed by atoms with van der Waals surface area (Å²) in [5, 5.41) is 21.9. The molecule has 3 N–H and O–H groups in total. The molecule has 0 spiro atoms. The Morgan fingerprint density at radius 1 is 1.28 bits per heavy atom. The maximum Gasteiger partial charge on any atom is 0.255 e. The largest absolute Gasteiger partial charge is 0.488 e. The fourth-order valence-corrected chi connectivity index (χ4v) is 3.62. The maximum atomic E-state index is 12.9. The van der Waals surface area contributed by atoms with E-state index < -0.39 is 6.10 Å². The molecule has 7 nitrogen and oxygen atoms in total. The van der Waals surface area contributed by atoms with Gasteiger partial charge in [-0.3, -0.25) is 4.79 Å². The fourth-order valence-electron chi connectivity index (χ4n) is 3.62. The Kier molecular flexibility index (Phi) is 5.51. The molecule has 2 heterocycles. The van der Waals surface area contributed by atoms with Gasteiger partial charge in [-0.1, -0.05) is 29.4 Å². The summed E-state index contributed by atoms with van der Waals surface area (Å²) in [6.07, 6.45) is -0.442. The molecule has 2 aromatic carbocycles. The van der Waals surface area contributed by atoms with Crippen LogP contribution in [0.1, 0.15) is 27.4 Å². The summed E-state index contributed by atoms with van der Waals surface area (Å²) in [5.74, 6) is 0.998. The van der Waals surface area contributed by atoms with Gasteiger partial charge >= 0.3 is 0 Å². The number of nitrogens with one attached hydrogen (secondary N) is 2. The van der Waals surface area contributed by atoms with Gasteiger partial charge in [0.15, 0.2) is 0 Å². The van der Waals surface area contributed by atoms with E-state index in [1.54, 1.807) is 0 Å². The first-order chi connectivity index (χ1) is 14.0. The van der Waals surface area contributed by atoms with Crippen molar-refractivity contribution in [2.45, 2.75) is 26.6 Å². The molecule has 1 aliphatic rings. The molecule has 0 aliphatic carbocycles. The van der Waals surface area contributed by atoms with Gasteiger partial charge in [0.25, 0.3) is 5.91 Å². The van der Waals surface area contributed by atoms with E-state index >= 15 is 0 Å². The summed E-state index contributed by atoms with van der Waals surface area (Å²) < 4.78 is 11.2. The number of amides is 1. The summed E-state index contributed by atoms with van der Waals surface area (Å²) in [4.78, 5) is 12.9. The topological polar surface area (TPSA) is 96.6 Å². The third-order valence-electron chi connectivity index (χ3n) is 5.47. The molecule has 1 aliphatic heterocycles. The van der Waals surface area contributed by atoms with E-state index in [-0.39, 0.29) is 18.4 Å². The second-order valence-electron chi connectivity index (χ2n) is 7.48. The Bertz CT molecular complexity index is 1010. The third-order valence-corrected chi connectivity index (χ3v) is 5.47. The van der Waals surface area contributed by atoms with Crippen LogP contribution in [0.3, 0.4) is 0 Å². The van der Waals surface area contributed by atoms with Crippen LogP contribution in [-0.4, -0.2) is 41.9 Å². The number of aliphatic hydroxyl groups excluding tert-OH is 1. The number of benzene rings is 2. The van der Waals surface area contributed by atoms with Gasteiger partial charge in [0, 0.05) is 25.6 Å². The first-order valence-corrected chi connectivity index (χ1v) is 9.77. The number of rotatable bonds is 6. The minimum atomic E-state index is -0.442. The maximum absolute atomic E-state index is 12.9. The summed E-state index contributed by atoms with van der Waals surface area (Å²) in [6, 6.07) is 11.6. The lowest BCUT2D eigenvalue weighted by atomic mass is 10.0. The summed E-state index contributed by atoms with van der Waals surface area (Å²) in [6.45, 7) is 5.63. The molecule has 1 aromatic heterocycles. The molecule has 2 atom stereocenters. The Labute approximate surface area is 169 Å². The molecule has 0 saturated carbocycles. The number of carbonyl (C=O) groups excluding carboxylic acids is 1. The number of fused-ring (bicyclic) bond motifs is 1. The van der Waals surface area contributed by atoms with Crippen LogP contribution in [0.15, 0.2) is 40.9 Å². The molecule has 1 saturated heterocycles. The lowest BCUT2D eigenvalue weighted by Crippen LogP contribution is -2.34. The van der Waals surface area contributed by atoms with Crippen molar-refractivity contribution in [1.29, 1.82) is 0 Å². The summed E-state index contributed by atoms with van der Waals surface area (Å²) in [5.41, 5.74) is 2.12. The molecule has 0 bridgehead atoms. The lowest BCUT2D eigenvalue weighted by molar-refractivity contribution is 0.0923. The molecule has 7 heteroatoms. The van der Waals surface area contributed by atoms with Gasteiger partial charge in [-0.05, 0) is 36.8 Å². The van der Waals surface area contributed by atoms with Crippen molar-refractivity contribution in [3.8, 4) is 5.75 Å². The van der Waals surface area contributed by atoms with Gasteiger partial charge in [0.2, 0.25) is 0 Å². The Morgan fingerprint density at radius 3 is 2.69 bits per heavy atom. The molecule has 1 amide bonds. The number of nitrogens with zero attached hydrogens (tertiary/aromatic N) is 1. The van der Waals surface area contributed by atoms with Crippen molar-refractivity contribution < 1.29 is 19.2 Å². The molecular weight excluding hydrogens is 370 g/mol. The first-order valence-electron chi connectivity index (χ1n) is 9.77. The zero-order valence-corrected chi connectivity index (χ0v) is 16.6. The molecule has 4 rings (SSSR count). The summed E-state index contributed by atoms with van der Waals surface area (Å²) >= 11 is 0.